The fourth-order valence-corrected chi connectivity index (χ4v) is 4.75. The maximum atomic E-state index is 12.6. The summed E-state index contributed by atoms with van der Waals surface area (Å²) in [6.07, 6.45) is 7.32. The Morgan fingerprint density at radius 1 is 1.09 bits per heavy atom. The van der Waals surface area contributed by atoms with E-state index < -0.39 is 0 Å². The number of carbonyl (C=O) groups excluding carboxylic acids is 1. The minimum Gasteiger partial charge on any atom is -0.497 e. The fraction of sp³-hybridized carbons (Fsp3) is 0.462. The molecule has 9 nitrogen and oxygen atoms in total. The lowest BCUT2D eigenvalue weighted by Crippen LogP contribution is -2.52. The third-order valence-corrected chi connectivity index (χ3v) is 6.89. The van der Waals surface area contributed by atoms with Crippen molar-refractivity contribution in [2.45, 2.75) is 38.0 Å². The van der Waals surface area contributed by atoms with Crippen molar-refractivity contribution in [3.63, 3.8) is 0 Å². The minimum absolute atomic E-state index is 0.0170. The number of ether oxygens (including phenoxy) is 1. The molecule has 1 saturated carbocycles. The smallest absolute Gasteiger partial charge is 0.317 e. The van der Waals surface area contributed by atoms with Gasteiger partial charge in [0, 0.05) is 50.4 Å². The van der Waals surface area contributed by atoms with Crippen LogP contribution in [0, 0.1) is 0 Å². The fourth-order valence-electron chi connectivity index (χ4n) is 4.75. The van der Waals surface area contributed by atoms with E-state index in [9.17, 15) is 4.79 Å². The van der Waals surface area contributed by atoms with Gasteiger partial charge in [-0.15, -0.1) is 0 Å². The molecule has 0 spiro atoms. The number of nitrogens with zero attached hydrogens (tertiary/aromatic N) is 5. The number of carbonyl (C=O) groups is 1. The van der Waals surface area contributed by atoms with Crippen molar-refractivity contribution in [2.24, 2.45) is 0 Å². The summed E-state index contributed by atoms with van der Waals surface area (Å²) in [5.74, 6) is 3.48. The van der Waals surface area contributed by atoms with Crippen LogP contribution in [0.5, 0.6) is 5.75 Å². The van der Waals surface area contributed by atoms with Gasteiger partial charge < -0.3 is 24.4 Å². The molecule has 0 atom stereocenters. The summed E-state index contributed by atoms with van der Waals surface area (Å²) < 4.78 is 10.7. The molecule has 0 bridgehead atoms. The highest BCUT2D eigenvalue weighted by atomic mass is 16.5. The molecule has 2 aliphatic rings. The highest BCUT2D eigenvalue weighted by molar-refractivity contribution is 5.74. The highest BCUT2D eigenvalue weighted by Crippen LogP contribution is 2.33. The zero-order valence-corrected chi connectivity index (χ0v) is 20.2. The molecule has 1 aromatic carbocycles. The van der Waals surface area contributed by atoms with Crippen molar-refractivity contribution in [1.29, 1.82) is 0 Å². The lowest BCUT2D eigenvalue weighted by Gasteiger charge is -2.35. The number of urea groups is 1. The van der Waals surface area contributed by atoms with Gasteiger partial charge in [-0.3, -0.25) is 0 Å². The summed E-state index contributed by atoms with van der Waals surface area (Å²) >= 11 is 0. The third kappa shape index (κ3) is 5.55. The van der Waals surface area contributed by atoms with E-state index >= 15 is 0 Å². The predicted octanol–water partition coefficient (Wildman–Crippen LogP) is 3.87. The van der Waals surface area contributed by atoms with E-state index in [1.165, 1.54) is 18.4 Å². The number of nitrogens with one attached hydrogen (secondary N) is 1. The Morgan fingerprint density at radius 2 is 1.86 bits per heavy atom. The molecule has 1 aliphatic carbocycles. The molecule has 184 valence electrons. The molecule has 1 aliphatic heterocycles. The third-order valence-electron chi connectivity index (χ3n) is 6.89. The Labute approximate surface area is 205 Å². The van der Waals surface area contributed by atoms with Crippen molar-refractivity contribution < 1.29 is 14.1 Å². The lowest BCUT2D eigenvalue weighted by atomic mass is 10.1. The predicted molar refractivity (Wildman–Crippen MR) is 133 cm³/mol. The molecule has 35 heavy (non-hydrogen) atoms. The second-order valence-corrected chi connectivity index (χ2v) is 9.15. The topological polar surface area (TPSA) is 96.6 Å². The van der Waals surface area contributed by atoms with Gasteiger partial charge in [0.2, 0.25) is 11.7 Å². The first-order chi connectivity index (χ1) is 17.2. The Bertz CT molecular complexity index is 1100. The average Bonchev–Trinajstić information content (AvgIpc) is 3.62. The molecule has 2 aromatic heterocycles. The second-order valence-electron chi connectivity index (χ2n) is 9.15. The van der Waals surface area contributed by atoms with Crippen LogP contribution in [0.25, 0.3) is 11.4 Å². The van der Waals surface area contributed by atoms with Gasteiger partial charge in [-0.2, -0.15) is 4.98 Å². The van der Waals surface area contributed by atoms with E-state index in [1.54, 1.807) is 13.3 Å². The van der Waals surface area contributed by atoms with Gasteiger partial charge in [-0.25, -0.2) is 9.78 Å². The van der Waals surface area contributed by atoms with Gasteiger partial charge in [0.05, 0.1) is 7.11 Å². The number of pyridine rings is 1. The van der Waals surface area contributed by atoms with E-state index in [2.05, 4.69) is 25.3 Å². The summed E-state index contributed by atoms with van der Waals surface area (Å²) in [6.45, 7) is 3.41. The number of methoxy groups -OCH3 is 1. The van der Waals surface area contributed by atoms with Crippen molar-refractivity contribution in [2.75, 3.05) is 44.7 Å². The molecule has 2 amide bonds. The first kappa shape index (κ1) is 23.1. The number of piperazine rings is 1. The Balaban J connectivity index is 1.08. The molecule has 3 aromatic rings. The molecular formula is C26H32N6O3. The van der Waals surface area contributed by atoms with Gasteiger partial charge in [0.15, 0.2) is 0 Å². The Hall–Kier alpha value is -3.62. The van der Waals surface area contributed by atoms with Crippen molar-refractivity contribution in [1.82, 2.24) is 25.3 Å². The van der Waals surface area contributed by atoms with Gasteiger partial charge >= 0.3 is 6.03 Å². The summed E-state index contributed by atoms with van der Waals surface area (Å²) in [7, 11) is 1.65. The SMILES string of the molecule is COc1ccc(CCNC(=O)N2CCN(c3ccc(-c4noc(C5CCCC5)n4)cn3)CC2)cc1. The summed E-state index contributed by atoms with van der Waals surface area (Å²) in [6, 6.07) is 11.9. The van der Waals surface area contributed by atoms with Gasteiger partial charge in [-0.1, -0.05) is 30.1 Å². The summed E-state index contributed by atoms with van der Waals surface area (Å²) in [5, 5.41) is 7.19. The van der Waals surface area contributed by atoms with E-state index in [0.29, 0.717) is 31.4 Å². The van der Waals surface area contributed by atoms with Crippen LogP contribution in [-0.4, -0.2) is 65.9 Å². The highest BCUT2D eigenvalue weighted by Gasteiger charge is 2.24. The van der Waals surface area contributed by atoms with Crippen molar-refractivity contribution >= 4 is 11.8 Å². The van der Waals surface area contributed by atoms with E-state index in [-0.39, 0.29) is 6.03 Å². The summed E-state index contributed by atoms with van der Waals surface area (Å²) in [5.41, 5.74) is 2.03. The van der Waals surface area contributed by atoms with Gasteiger partial charge in [0.1, 0.15) is 11.6 Å². The molecular weight excluding hydrogens is 444 g/mol. The van der Waals surface area contributed by atoms with Crippen LogP contribution in [0.15, 0.2) is 47.1 Å². The monoisotopic (exact) mass is 476 g/mol. The quantitative estimate of drug-likeness (QED) is 0.553. The number of benzene rings is 1. The molecule has 0 radical (unpaired) electrons. The minimum atomic E-state index is -0.0170. The van der Waals surface area contributed by atoms with Crippen LogP contribution in [0.4, 0.5) is 10.6 Å². The van der Waals surface area contributed by atoms with Crippen LogP contribution in [0.2, 0.25) is 0 Å². The second kappa shape index (κ2) is 10.8. The largest absolute Gasteiger partial charge is 0.497 e. The molecule has 0 unspecified atom stereocenters. The molecule has 1 N–H and O–H groups in total. The van der Waals surface area contributed by atoms with E-state index in [0.717, 1.165) is 55.4 Å². The molecule has 2 fully saturated rings. The van der Waals surface area contributed by atoms with Gasteiger partial charge in [-0.05, 0) is 49.1 Å². The molecule has 9 heteroatoms. The maximum Gasteiger partial charge on any atom is 0.317 e. The van der Waals surface area contributed by atoms with Crippen LogP contribution >= 0.6 is 0 Å². The zero-order valence-electron chi connectivity index (χ0n) is 20.2. The van der Waals surface area contributed by atoms with E-state index in [4.69, 9.17) is 9.26 Å². The molecule has 5 rings (SSSR count). The normalized spacial score (nSPS) is 16.5. The first-order valence-electron chi connectivity index (χ1n) is 12.4. The lowest BCUT2D eigenvalue weighted by molar-refractivity contribution is 0.194. The number of hydrogen-bond donors (Lipinski definition) is 1. The first-order valence-corrected chi connectivity index (χ1v) is 12.4. The van der Waals surface area contributed by atoms with Gasteiger partial charge in [0.25, 0.3) is 0 Å². The number of anilines is 1. The van der Waals surface area contributed by atoms with Crippen LogP contribution in [-0.2, 0) is 6.42 Å². The van der Waals surface area contributed by atoms with Crippen LogP contribution in [0.3, 0.4) is 0 Å². The number of hydrogen-bond acceptors (Lipinski definition) is 7. The van der Waals surface area contributed by atoms with E-state index in [1.807, 2.05) is 41.3 Å². The van der Waals surface area contributed by atoms with Crippen molar-refractivity contribution in [3.05, 3.63) is 54.0 Å². The Morgan fingerprint density at radius 3 is 2.54 bits per heavy atom. The van der Waals surface area contributed by atoms with Crippen molar-refractivity contribution in [3.8, 4) is 17.1 Å². The average molecular weight is 477 g/mol. The standard InChI is InChI=1S/C26H32N6O3/c1-34-22-9-6-19(7-10-22)12-13-27-26(33)32-16-14-31(15-17-32)23-11-8-21(18-28-23)24-29-25(35-30-24)20-4-2-3-5-20/h6-11,18,20H,2-5,12-17H2,1H3,(H,27,33). The number of rotatable bonds is 7. The Kier molecular flexibility index (Phi) is 7.11. The molecule has 1 saturated heterocycles. The maximum absolute atomic E-state index is 12.6. The number of amides is 2. The zero-order chi connectivity index (χ0) is 24.0. The molecule has 3 heterocycles. The number of aromatic nitrogens is 3. The van der Waals surface area contributed by atoms with Crippen LogP contribution < -0.4 is 15.0 Å². The van der Waals surface area contributed by atoms with Crippen LogP contribution in [0.1, 0.15) is 43.1 Å². The summed E-state index contributed by atoms with van der Waals surface area (Å²) in [4.78, 5) is 25.9.